The van der Waals surface area contributed by atoms with Crippen LogP contribution in [0.5, 0.6) is 0 Å². The summed E-state index contributed by atoms with van der Waals surface area (Å²) in [7, 11) is 0. The Labute approximate surface area is 108 Å². The standard InChI is InChI=1S/C15H21NO2/c1-3-16(4-2)15(11-14(17)18)10-9-12-7-5-6-8-13(12)15/h5-8H,3-4,9-11H2,1-2H3,(H,17,18). The maximum atomic E-state index is 11.3. The van der Waals surface area contributed by atoms with Crippen LogP contribution in [0.15, 0.2) is 24.3 Å². The van der Waals surface area contributed by atoms with Crippen molar-refractivity contribution in [2.45, 2.75) is 38.6 Å². The van der Waals surface area contributed by atoms with E-state index in [0.717, 1.165) is 25.9 Å². The molecule has 0 bridgehead atoms. The lowest BCUT2D eigenvalue weighted by Gasteiger charge is -2.40. The molecule has 1 aromatic rings. The van der Waals surface area contributed by atoms with Gasteiger partial charge in [-0.1, -0.05) is 38.1 Å². The minimum absolute atomic E-state index is 0.200. The number of rotatable bonds is 5. The molecule has 1 aromatic carbocycles. The van der Waals surface area contributed by atoms with Crippen LogP contribution in [0.25, 0.3) is 0 Å². The molecule has 1 aliphatic rings. The van der Waals surface area contributed by atoms with Crippen LogP contribution < -0.4 is 0 Å². The van der Waals surface area contributed by atoms with Crippen molar-refractivity contribution < 1.29 is 9.90 Å². The number of aliphatic carboxylic acids is 1. The fraction of sp³-hybridized carbons (Fsp3) is 0.533. The number of hydrogen-bond acceptors (Lipinski definition) is 2. The number of hydrogen-bond donors (Lipinski definition) is 1. The smallest absolute Gasteiger partial charge is 0.305 e. The summed E-state index contributed by atoms with van der Waals surface area (Å²) in [4.78, 5) is 13.6. The molecule has 98 valence electrons. The molecule has 1 N–H and O–H groups in total. The van der Waals surface area contributed by atoms with Crippen molar-refractivity contribution in [1.29, 1.82) is 0 Å². The Morgan fingerprint density at radius 3 is 2.61 bits per heavy atom. The third kappa shape index (κ3) is 2.03. The number of carboxylic acids is 1. The quantitative estimate of drug-likeness (QED) is 0.869. The van der Waals surface area contributed by atoms with Crippen molar-refractivity contribution in [2.24, 2.45) is 0 Å². The zero-order chi connectivity index (χ0) is 13.2. The van der Waals surface area contributed by atoms with Gasteiger partial charge in [0.2, 0.25) is 0 Å². The maximum Gasteiger partial charge on any atom is 0.305 e. The highest BCUT2D eigenvalue weighted by molar-refractivity contribution is 5.69. The molecule has 1 aliphatic carbocycles. The normalized spacial score (nSPS) is 22.2. The summed E-state index contributed by atoms with van der Waals surface area (Å²) in [5, 5.41) is 9.28. The molecule has 0 saturated heterocycles. The highest BCUT2D eigenvalue weighted by Crippen LogP contribution is 2.44. The molecule has 0 amide bonds. The van der Waals surface area contributed by atoms with Gasteiger partial charge in [0.05, 0.1) is 12.0 Å². The lowest BCUT2D eigenvalue weighted by atomic mass is 9.86. The first kappa shape index (κ1) is 13.1. The predicted octanol–water partition coefficient (Wildman–Crippen LogP) is 2.64. The van der Waals surface area contributed by atoms with Gasteiger partial charge in [0.25, 0.3) is 0 Å². The summed E-state index contributed by atoms with van der Waals surface area (Å²) in [6.07, 6.45) is 2.10. The second-order valence-electron chi connectivity index (χ2n) is 4.93. The van der Waals surface area contributed by atoms with E-state index in [-0.39, 0.29) is 12.0 Å². The summed E-state index contributed by atoms with van der Waals surface area (Å²) < 4.78 is 0. The van der Waals surface area contributed by atoms with E-state index in [9.17, 15) is 9.90 Å². The Morgan fingerprint density at radius 1 is 1.33 bits per heavy atom. The molecule has 0 saturated carbocycles. The van der Waals surface area contributed by atoms with Crippen molar-refractivity contribution in [1.82, 2.24) is 4.90 Å². The Morgan fingerprint density at radius 2 is 2.00 bits per heavy atom. The Kier molecular flexibility index (Phi) is 3.71. The second kappa shape index (κ2) is 5.11. The molecule has 2 rings (SSSR count). The first-order valence-corrected chi connectivity index (χ1v) is 6.69. The molecule has 1 unspecified atom stereocenters. The van der Waals surface area contributed by atoms with Crippen molar-refractivity contribution in [3.05, 3.63) is 35.4 Å². The minimum Gasteiger partial charge on any atom is -0.481 e. The molecular formula is C15H21NO2. The molecule has 0 spiro atoms. The molecule has 0 radical (unpaired) electrons. The topological polar surface area (TPSA) is 40.5 Å². The maximum absolute atomic E-state index is 11.3. The third-order valence-electron chi connectivity index (χ3n) is 4.14. The van der Waals surface area contributed by atoms with Gasteiger partial charge < -0.3 is 5.11 Å². The number of carbonyl (C=O) groups is 1. The molecule has 0 fully saturated rings. The fourth-order valence-electron chi connectivity index (χ4n) is 3.37. The largest absolute Gasteiger partial charge is 0.481 e. The van der Waals surface area contributed by atoms with E-state index in [0.29, 0.717) is 0 Å². The van der Waals surface area contributed by atoms with E-state index in [2.05, 4.69) is 30.9 Å². The van der Waals surface area contributed by atoms with Gasteiger partial charge in [-0.25, -0.2) is 0 Å². The van der Waals surface area contributed by atoms with Crippen molar-refractivity contribution in [2.75, 3.05) is 13.1 Å². The highest BCUT2D eigenvalue weighted by atomic mass is 16.4. The van der Waals surface area contributed by atoms with Gasteiger partial charge in [0.1, 0.15) is 0 Å². The van der Waals surface area contributed by atoms with Gasteiger partial charge in [-0.2, -0.15) is 0 Å². The number of carboxylic acid groups (broad SMARTS) is 1. The van der Waals surface area contributed by atoms with E-state index in [4.69, 9.17) is 0 Å². The van der Waals surface area contributed by atoms with E-state index in [1.165, 1.54) is 11.1 Å². The molecule has 0 aromatic heterocycles. The van der Waals surface area contributed by atoms with Gasteiger partial charge in [0.15, 0.2) is 0 Å². The van der Waals surface area contributed by atoms with Crippen LogP contribution in [0.4, 0.5) is 0 Å². The van der Waals surface area contributed by atoms with E-state index in [1.54, 1.807) is 0 Å². The number of nitrogens with zero attached hydrogens (tertiary/aromatic N) is 1. The van der Waals surface area contributed by atoms with Gasteiger partial charge in [-0.15, -0.1) is 0 Å². The SMILES string of the molecule is CCN(CC)C1(CC(=O)O)CCc2ccccc21. The van der Waals surface area contributed by atoms with Crippen LogP contribution in [-0.4, -0.2) is 29.1 Å². The van der Waals surface area contributed by atoms with Gasteiger partial charge in [-0.3, -0.25) is 9.69 Å². The summed E-state index contributed by atoms with van der Waals surface area (Å²) in [6, 6.07) is 8.29. The Balaban J connectivity index is 2.47. The molecular weight excluding hydrogens is 226 g/mol. The molecule has 3 heteroatoms. The minimum atomic E-state index is -0.710. The molecule has 0 aliphatic heterocycles. The first-order valence-electron chi connectivity index (χ1n) is 6.69. The van der Waals surface area contributed by atoms with Gasteiger partial charge >= 0.3 is 5.97 Å². The summed E-state index contributed by atoms with van der Waals surface area (Å²) in [5.74, 6) is -0.710. The predicted molar refractivity (Wildman–Crippen MR) is 71.6 cm³/mol. The molecule has 3 nitrogen and oxygen atoms in total. The van der Waals surface area contributed by atoms with Gasteiger partial charge in [0, 0.05) is 0 Å². The van der Waals surface area contributed by atoms with Crippen LogP contribution in [0.1, 0.15) is 37.8 Å². The number of benzene rings is 1. The molecule has 1 atom stereocenters. The summed E-state index contributed by atoms with van der Waals surface area (Å²) in [6.45, 7) is 5.98. The lowest BCUT2D eigenvalue weighted by Crippen LogP contribution is -2.46. The van der Waals surface area contributed by atoms with Crippen LogP contribution >= 0.6 is 0 Å². The van der Waals surface area contributed by atoms with Crippen LogP contribution in [-0.2, 0) is 16.8 Å². The first-order chi connectivity index (χ1) is 8.64. The second-order valence-corrected chi connectivity index (χ2v) is 4.93. The van der Waals surface area contributed by atoms with Crippen LogP contribution in [0.3, 0.4) is 0 Å². The zero-order valence-corrected chi connectivity index (χ0v) is 11.1. The van der Waals surface area contributed by atoms with Crippen LogP contribution in [0.2, 0.25) is 0 Å². The zero-order valence-electron chi connectivity index (χ0n) is 11.1. The van der Waals surface area contributed by atoms with Crippen molar-refractivity contribution in [3.63, 3.8) is 0 Å². The Hall–Kier alpha value is -1.35. The van der Waals surface area contributed by atoms with Gasteiger partial charge in [-0.05, 0) is 37.1 Å². The molecule has 0 heterocycles. The summed E-state index contributed by atoms with van der Waals surface area (Å²) in [5.41, 5.74) is 2.23. The molecule has 18 heavy (non-hydrogen) atoms. The van der Waals surface area contributed by atoms with E-state index < -0.39 is 5.97 Å². The van der Waals surface area contributed by atoms with Crippen LogP contribution in [0, 0.1) is 0 Å². The summed E-state index contributed by atoms with van der Waals surface area (Å²) >= 11 is 0. The third-order valence-corrected chi connectivity index (χ3v) is 4.14. The Bertz CT molecular complexity index is 440. The average molecular weight is 247 g/mol. The number of fused-ring (bicyclic) bond motifs is 1. The average Bonchev–Trinajstić information content (AvgIpc) is 2.71. The lowest BCUT2D eigenvalue weighted by molar-refractivity contribution is -0.140. The van der Waals surface area contributed by atoms with Crippen molar-refractivity contribution >= 4 is 5.97 Å². The fourth-order valence-corrected chi connectivity index (χ4v) is 3.37. The van der Waals surface area contributed by atoms with E-state index in [1.807, 2.05) is 12.1 Å². The number of aryl methyl sites for hydroxylation is 1. The van der Waals surface area contributed by atoms with E-state index >= 15 is 0 Å². The highest BCUT2D eigenvalue weighted by Gasteiger charge is 2.43. The monoisotopic (exact) mass is 247 g/mol. The van der Waals surface area contributed by atoms with Crippen molar-refractivity contribution in [3.8, 4) is 0 Å².